The molecule has 0 radical (unpaired) electrons. The summed E-state index contributed by atoms with van der Waals surface area (Å²) in [6.45, 7) is 2.18. The van der Waals surface area contributed by atoms with Gasteiger partial charge in [-0.25, -0.2) is 4.98 Å². The lowest BCUT2D eigenvalue weighted by molar-refractivity contribution is 0.355. The zero-order valence-electron chi connectivity index (χ0n) is 15.7. The van der Waals surface area contributed by atoms with Gasteiger partial charge in [0.2, 0.25) is 5.13 Å². The molecule has 1 aromatic heterocycles. The van der Waals surface area contributed by atoms with Gasteiger partial charge in [0, 0.05) is 10.4 Å². The Morgan fingerprint density at radius 2 is 1.85 bits per heavy atom. The van der Waals surface area contributed by atoms with Crippen molar-refractivity contribution >= 4 is 22.7 Å². The van der Waals surface area contributed by atoms with E-state index in [1.807, 2.05) is 36.4 Å². The fourth-order valence-corrected chi connectivity index (χ4v) is 3.75. The molecule has 0 unspecified atom stereocenters. The van der Waals surface area contributed by atoms with Crippen LogP contribution >= 0.6 is 11.3 Å². The molecule has 0 amide bonds. The van der Waals surface area contributed by atoms with Gasteiger partial charge >= 0.3 is 0 Å². The van der Waals surface area contributed by atoms with Gasteiger partial charge in [0.25, 0.3) is 0 Å². The van der Waals surface area contributed by atoms with Crippen LogP contribution in [0.25, 0.3) is 11.3 Å². The van der Waals surface area contributed by atoms with E-state index in [2.05, 4.69) is 29.6 Å². The Kier molecular flexibility index (Phi) is 6.44. The van der Waals surface area contributed by atoms with Crippen molar-refractivity contribution in [2.75, 3.05) is 19.6 Å². The molecule has 0 aliphatic rings. The maximum absolute atomic E-state index is 5.32. The SMILES string of the molecule is CCCc1sc(N/N=C/c2ccc(OC)c(OC)c2)nc1-c1ccccc1. The van der Waals surface area contributed by atoms with E-state index in [1.54, 1.807) is 31.8 Å². The molecule has 2 aromatic carbocycles. The summed E-state index contributed by atoms with van der Waals surface area (Å²) in [4.78, 5) is 6.01. The first kappa shape index (κ1) is 18.9. The monoisotopic (exact) mass is 381 g/mol. The van der Waals surface area contributed by atoms with E-state index in [0.717, 1.165) is 34.8 Å². The standard InChI is InChI=1S/C21H23N3O2S/c1-4-8-19-20(16-9-6-5-7-10-16)23-21(27-19)24-22-14-15-11-12-17(25-2)18(13-15)26-3/h5-7,9-14H,4,8H2,1-3H3,(H,23,24)/b22-14+. The molecule has 27 heavy (non-hydrogen) atoms. The fourth-order valence-electron chi connectivity index (χ4n) is 2.71. The zero-order valence-corrected chi connectivity index (χ0v) is 16.5. The van der Waals surface area contributed by atoms with E-state index in [4.69, 9.17) is 14.5 Å². The van der Waals surface area contributed by atoms with Crippen molar-refractivity contribution in [1.29, 1.82) is 0 Å². The van der Waals surface area contributed by atoms with E-state index >= 15 is 0 Å². The van der Waals surface area contributed by atoms with E-state index in [9.17, 15) is 0 Å². The minimum atomic E-state index is 0.673. The second-order valence-corrected chi connectivity index (χ2v) is 6.97. The maximum Gasteiger partial charge on any atom is 0.204 e. The van der Waals surface area contributed by atoms with Crippen LogP contribution in [-0.2, 0) is 6.42 Å². The third kappa shape index (κ3) is 4.65. The smallest absolute Gasteiger partial charge is 0.204 e. The van der Waals surface area contributed by atoms with Crippen LogP contribution in [0.15, 0.2) is 53.6 Å². The second kappa shape index (κ2) is 9.19. The van der Waals surface area contributed by atoms with Gasteiger partial charge < -0.3 is 9.47 Å². The predicted octanol–water partition coefficient (Wildman–Crippen LogP) is 5.23. The van der Waals surface area contributed by atoms with E-state index in [0.29, 0.717) is 11.5 Å². The van der Waals surface area contributed by atoms with Gasteiger partial charge in [-0.3, -0.25) is 5.43 Å². The van der Waals surface area contributed by atoms with Crippen LogP contribution in [0.1, 0.15) is 23.8 Å². The topological polar surface area (TPSA) is 55.7 Å². The second-order valence-electron chi connectivity index (χ2n) is 5.89. The molecule has 0 aliphatic carbocycles. The van der Waals surface area contributed by atoms with Crippen LogP contribution in [0, 0.1) is 0 Å². The van der Waals surface area contributed by atoms with Crippen molar-refractivity contribution in [1.82, 2.24) is 4.98 Å². The molecule has 1 heterocycles. The van der Waals surface area contributed by atoms with Crippen LogP contribution in [-0.4, -0.2) is 25.4 Å². The number of nitrogens with zero attached hydrogens (tertiary/aromatic N) is 2. The average molecular weight is 382 g/mol. The molecule has 6 heteroatoms. The number of hydrazone groups is 1. The highest BCUT2D eigenvalue weighted by Crippen LogP contribution is 2.32. The van der Waals surface area contributed by atoms with Crippen molar-refractivity contribution in [3.8, 4) is 22.8 Å². The largest absolute Gasteiger partial charge is 0.493 e. The number of hydrogen-bond acceptors (Lipinski definition) is 6. The summed E-state index contributed by atoms with van der Waals surface area (Å²) in [7, 11) is 3.24. The van der Waals surface area contributed by atoms with E-state index in [-0.39, 0.29) is 0 Å². The first-order valence-electron chi connectivity index (χ1n) is 8.81. The minimum Gasteiger partial charge on any atom is -0.493 e. The number of hydrogen-bond donors (Lipinski definition) is 1. The first-order chi connectivity index (χ1) is 13.2. The molecule has 0 saturated heterocycles. The van der Waals surface area contributed by atoms with Crippen LogP contribution in [0.2, 0.25) is 0 Å². The molecule has 0 aliphatic heterocycles. The Morgan fingerprint density at radius 3 is 2.56 bits per heavy atom. The number of aromatic nitrogens is 1. The molecule has 0 spiro atoms. The summed E-state index contributed by atoms with van der Waals surface area (Å²) in [6, 6.07) is 15.9. The molecule has 0 bridgehead atoms. The van der Waals surface area contributed by atoms with Gasteiger partial charge in [0.15, 0.2) is 11.5 Å². The molecule has 0 fully saturated rings. The zero-order chi connectivity index (χ0) is 19.1. The van der Waals surface area contributed by atoms with Gasteiger partial charge in [0.05, 0.1) is 26.1 Å². The highest BCUT2D eigenvalue weighted by molar-refractivity contribution is 7.16. The normalized spacial score (nSPS) is 10.9. The van der Waals surface area contributed by atoms with Crippen LogP contribution in [0.5, 0.6) is 11.5 Å². The number of aryl methyl sites for hydroxylation is 1. The maximum atomic E-state index is 5.32. The summed E-state index contributed by atoms with van der Waals surface area (Å²) < 4.78 is 10.6. The molecule has 3 aromatic rings. The first-order valence-corrected chi connectivity index (χ1v) is 9.63. The van der Waals surface area contributed by atoms with Crippen LogP contribution in [0.4, 0.5) is 5.13 Å². The number of anilines is 1. The average Bonchev–Trinajstić information content (AvgIpc) is 3.11. The summed E-state index contributed by atoms with van der Waals surface area (Å²) >= 11 is 1.65. The van der Waals surface area contributed by atoms with Crippen LogP contribution in [0.3, 0.4) is 0 Å². The lowest BCUT2D eigenvalue weighted by Crippen LogP contribution is -1.94. The Balaban J connectivity index is 1.77. The van der Waals surface area contributed by atoms with E-state index in [1.165, 1.54) is 4.88 Å². The summed E-state index contributed by atoms with van der Waals surface area (Å²) in [5, 5.41) is 5.11. The number of benzene rings is 2. The number of nitrogens with one attached hydrogen (secondary N) is 1. The molecular weight excluding hydrogens is 358 g/mol. The molecule has 0 saturated carbocycles. The number of rotatable bonds is 8. The Morgan fingerprint density at radius 1 is 1.07 bits per heavy atom. The summed E-state index contributed by atoms with van der Waals surface area (Å²) in [5.41, 5.74) is 6.13. The van der Waals surface area contributed by atoms with E-state index < -0.39 is 0 Å². The van der Waals surface area contributed by atoms with Crippen molar-refractivity contribution in [2.24, 2.45) is 5.10 Å². The van der Waals surface area contributed by atoms with Gasteiger partial charge in [0.1, 0.15) is 0 Å². The number of ether oxygens (including phenoxy) is 2. The summed E-state index contributed by atoms with van der Waals surface area (Å²) in [6.07, 6.45) is 3.82. The predicted molar refractivity (Wildman–Crippen MR) is 112 cm³/mol. The third-order valence-electron chi connectivity index (χ3n) is 4.00. The van der Waals surface area contributed by atoms with Gasteiger partial charge in [-0.15, -0.1) is 0 Å². The Bertz CT molecular complexity index is 907. The molecule has 5 nitrogen and oxygen atoms in total. The quantitative estimate of drug-likeness (QED) is 0.429. The van der Waals surface area contributed by atoms with Crippen LogP contribution < -0.4 is 14.9 Å². The van der Waals surface area contributed by atoms with Crippen molar-refractivity contribution < 1.29 is 9.47 Å². The molecule has 140 valence electrons. The highest BCUT2D eigenvalue weighted by atomic mass is 32.1. The highest BCUT2D eigenvalue weighted by Gasteiger charge is 2.12. The Hall–Kier alpha value is -2.86. The molecule has 1 N–H and O–H groups in total. The van der Waals surface area contributed by atoms with Crippen molar-refractivity contribution in [2.45, 2.75) is 19.8 Å². The lowest BCUT2D eigenvalue weighted by atomic mass is 10.1. The van der Waals surface area contributed by atoms with Crippen molar-refractivity contribution in [3.63, 3.8) is 0 Å². The van der Waals surface area contributed by atoms with Gasteiger partial charge in [-0.05, 0) is 30.2 Å². The third-order valence-corrected chi connectivity index (χ3v) is 5.02. The molecular formula is C21H23N3O2S. The lowest BCUT2D eigenvalue weighted by Gasteiger charge is -2.07. The molecule has 0 atom stereocenters. The molecule has 3 rings (SSSR count). The van der Waals surface area contributed by atoms with Gasteiger partial charge in [-0.1, -0.05) is 55.0 Å². The van der Waals surface area contributed by atoms with Crippen molar-refractivity contribution in [3.05, 3.63) is 59.0 Å². The Labute approximate surface area is 163 Å². The summed E-state index contributed by atoms with van der Waals surface area (Å²) in [5.74, 6) is 1.37. The fraction of sp³-hybridized carbons (Fsp3) is 0.238. The number of thiazole rings is 1. The van der Waals surface area contributed by atoms with Gasteiger partial charge in [-0.2, -0.15) is 5.10 Å². The number of methoxy groups -OCH3 is 2. The minimum absolute atomic E-state index is 0.673.